The van der Waals surface area contributed by atoms with E-state index >= 15 is 0 Å². The summed E-state index contributed by atoms with van der Waals surface area (Å²) in [6.45, 7) is 1.99. The minimum Gasteiger partial charge on any atom is -0.387 e. The number of amidine groups is 1. The largest absolute Gasteiger partial charge is 0.387 e. The molecule has 0 atom stereocenters. The second-order valence-electron chi connectivity index (χ2n) is 2.95. The van der Waals surface area contributed by atoms with Crippen LogP contribution >= 0.6 is 11.6 Å². The Hall–Kier alpha value is -1.09. The van der Waals surface area contributed by atoms with Crippen LogP contribution in [0.1, 0.15) is 19.8 Å². The summed E-state index contributed by atoms with van der Waals surface area (Å²) in [6.07, 6.45) is 1.56. The number of hydrogen-bond donors (Lipinski definition) is 1. The molecule has 0 amide bonds. The highest BCUT2D eigenvalue weighted by Crippen LogP contribution is 2.21. The normalized spacial score (nSPS) is 11.8. The molecule has 4 heteroatoms. The lowest BCUT2D eigenvalue weighted by Gasteiger charge is -2.00. The van der Waals surface area contributed by atoms with Crippen molar-refractivity contribution in [1.82, 2.24) is 0 Å². The minimum atomic E-state index is -0.448. The van der Waals surface area contributed by atoms with Gasteiger partial charge in [0.25, 0.3) is 0 Å². The molecule has 14 heavy (non-hydrogen) atoms. The standard InChI is InChI=1S/C10H12ClFN2/c1-2-3-10(13)14-9-5-4-7(11)6-8(9)12/h4-6H,2-3H2,1H3,(H2,13,14). The number of benzene rings is 1. The lowest BCUT2D eigenvalue weighted by atomic mass is 10.3. The van der Waals surface area contributed by atoms with Gasteiger partial charge in [0, 0.05) is 11.4 Å². The Balaban J connectivity index is 2.91. The zero-order valence-corrected chi connectivity index (χ0v) is 8.68. The summed E-state index contributed by atoms with van der Waals surface area (Å²) in [4.78, 5) is 3.95. The van der Waals surface area contributed by atoms with E-state index in [1.54, 1.807) is 6.07 Å². The van der Waals surface area contributed by atoms with Crippen molar-refractivity contribution < 1.29 is 4.39 Å². The predicted molar refractivity (Wildman–Crippen MR) is 57.6 cm³/mol. The van der Waals surface area contributed by atoms with E-state index in [0.29, 0.717) is 17.3 Å². The van der Waals surface area contributed by atoms with Crippen LogP contribution in [0.5, 0.6) is 0 Å². The Morgan fingerprint density at radius 1 is 1.57 bits per heavy atom. The van der Waals surface area contributed by atoms with E-state index in [1.165, 1.54) is 12.1 Å². The minimum absolute atomic E-state index is 0.236. The van der Waals surface area contributed by atoms with Gasteiger partial charge < -0.3 is 5.73 Å². The Kier molecular flexibility index (Phi) is 3.89. The first kappa shape index (κ1) is 11.0. The molecule has 1 rings (SSSR count). The second-order valence-corrected chi connectivity index (χ2v) is 3.39. The van der Waals surface area contributed by atoms with E-state index in [4.69, 9.17) is 17.3 Å². The molecule has 0 aliphatic rings. The number of hydrogen-bond acceptors (Lipinski definition) is 1. The molecular weight excluding hydrogens is 203 g/mol. The van der Waals surface area contributed by atoms with Gasteiger partial charge in [-0.15, -0.1) is 0 Å². The molecule has 0 radical (unpaired) electrons. The van der Waals surface area contributed by atoms with Crippen LogP contribution in [0.25, 0.3) is 0 Å². The summed E-state index contributed by atoms with van der Waals surface area (Å²) < 4.78 is 13.2. The lowest BCUT2D eigenvalue weighted by Crippen LogP contribution is -2.10. The summed E-state index contributed by atoms with van der Waals surface area (Å²) in [5.41, 5.74) is 5.81. The van der Waals surface area contributed by atoms with Gasteiger partial charge in [-0.25, -0.2) is 9.38 Å². The third kappa shape index (κ3) is 3.00. The van der Waals surface area contributed by atoms with E-state index in [9.17, 15) is 4.39 Å². The molecule has 1 aromatic rings. The van der Waals surface area contributed by atoms with Gasteiger partial charge in [-0.3, -0.25) is 0 Å². The van der Waals surface area contributed by atoms with Crippen molar-refractivity contribution in [3.8, 4) is 0 Å². The highest BCUT2D eigenvalue weighted by molar-refractivity contribution is 6.30. The average Bonchev–Trinajstić information content (AvgIpc) is 2.10. The molecule has 1 aromatic carbocycles. The molecule has 2 nitrogen and oxygen atoms in total. The van der Waals surface area contributed by atoms with Crippen LogP contribution < -0.4 is 5.73 Å². The molecule has 0 aliphatic heterocycles. The van der Waals surface area contributed by atoms with E-state index < -0.39 is 5.82 Å². The molecule has 0 aromatic heterocycles. The predicted octanol–water partition coefficient (Wildman–Crippen LogP) is 3.27. The quantitative estimate of drug-likeness (QED) is 0.609. The van der Waals surface area contributed by atoms with Crippen LogP contribution in [-0.2, 0) is 0 Å². The van der Waals surface area contributed by atoms with Gasteiger partial charge in [-0.1, -0.05) is 18.5 Å². The zero-order valence-electron chi connectivity index (χ0n) is 7.93. The molecule has 0 aliphatic carbocycles. The highest BCUT2D eigenvalue weighted by atomic mass is 35.5. The third-order valence-electron chi connectivity index (χ3n) is 1.68. The number of halogens is 2. The first-order valence-corrected chi connectivity index (χ1v) is 4.79. The van der Waals surface area contributed by atoms with Crippen LogP contribution in [0.2, 0.25) is 5.02 Å². The van der Waals surface area contributed by atoms with Crippen molar-refractivity contribution in [2.24, 2.45) is 10.7 Å². The zero-order chi connectivity index (χ0) is 10.6. The number of rotatable bonds is 3. The Morgan fingerprint density at radius 3 is 2.86 bits per heavy atom. The van der Waals surface area contributed by atoms with Crippen LogP contribution in [0.15, 0.2) is 23.2 Å². The maximum Gasteiger partial charge on any atom is 0.150 e. The van der Waals surface area contributed by atoms with E-state index in [2.05, 4.69) is 4.99 Å². The summed E-state index contributed by atoms with van der Waals surface area (Å²) in [5.74, 6) is -0.00900. The number of aliphatic imine (C=N–C) groups is 1. The molecule has 0 heterocycles. The van der Waals surface area contributed by atoms with E-state index in [-0.39, 0.29) is 5.69 Å². The number of nitrogens with two attached hydrogens (primary N) is 1. The Bertz CT molecular complexity index is 350. The van der Waals surface area contributed by atoms with Crippen LogP contribution in [0, 0.1) is 5.82 Å². The lowest BCUT2D eigenvalue weighted by molar-refractivity contribution is 0.630. The molecule has 0 saturated heterocycles. The van der Waals surface area contributed by atoms with Crippen LogP contribution in [-0.4, -0.2) is 5.84 Å². The van der Waals surface area contributed by atoms with Gasteiger partial charge in [0.2, 0.25) is 0 Å². The fraction of sp³-hybridized carbons (Fsp3) is 0.300. The molecule has 0 unspecified atom stereocenters. The van der Waals surface area contributed by atoms with Crippen molar-refractivity contribution in [2.75, 3.05) is 0 Å². The first-order valence-electron chi connectivity index (χ1n) is 4.41. The molecule has 0 saturated carbocycles. The van der Waals surface area contributed by atoms with Crippen molar-refractivity contribution in [3.63, 3.8) is 0 Å². The second kappa shape index (κ2) is 4.96. The Labute approximate surface area is 87.6 Å². The molecule has 0 fully saturated rings. The summed E-state index contributed by atoms with van der Waals surface area (Å²) >= 11 is 5.59. The van der Waals surface area contributed by atoms with Gasteiger partial charge in [-0.2, -0.15) is 0 Å². The van der Waals surface area contributed by atoms with E-state index in [0.717, 1.165) is 6.42 Å². The van der Waals surface area contributed by atoms with Crippen LogP contribution in [0.4, 0.5) is 10.1 Å². The maximum absolute atomic E-state index is 13.2. The van der Waals surface area contributed by atoms with E-state index in [1.807, 2.05) is 6.92 Å². The molecule has 0 bridgehead atoms. The summed E-state index contributed by atoms with van der Waals surface area (Å²) in [6, 6.07) is 4.32. The first-order chi connectivity index (χ1) is 6.63. The van der Waals surface area contributed by atoms with Crippen molar-refractivity contribution in [2.45, 2.75) is 19.8 Å². The fourth-order valence-corrected chi connectivity index (χ4v) is 1.20. The van der Waals surface area contributed by atoms with Gasteiger partial charge >= 0.3 is 0 Å². The Morgan fingerprint density at radius 2 is 2.29 bits per heavy atom. The summed E-state index contributed by atoms with van der Waals surface area (Å²) in [7, 11) is 0. The number of nitrogens with zero attached hydrogens (tertiary/aromatic N) is 1. The fourth-order valence-electron chi connectivity index (χ4n) is 1.04. The van der Waals surface area contributed by atoms with Crippen LogP contribution in [0.3, 0.4) is 0 Å². The molecular formula is C10H12ClFN2. The third-order valence-corrected chi connectivity index (χ3v) is 1.92. The maximum atomic E-state index is 13.2. The SMILES string of the molecule is CCCC(N)=Nc1ccc(Cl)cc1F. The summed E-state index contributed by atoms with van der Waals surface area (Å²) in [5, 5.41) is 0.357. The van der Waals surface area contributed by atoms with Gasteiger partial charge in [-0.05, 0) is 24.6 Å². The van der Waals surface area contributed by atoms with Gasteiger partial charge in [0.1, 0.15) is 11.5 Å². The van der Waals surface area contributed by atoms with Gasteiger partial charge in [0.15, 0.2) is 0 Å². The van der Waals surface area contributed by atoms with Crippen molar-refractivity contribution >= 4 is 23.1 Å². The molecule has 76 valence electrons. The molecule has 0 spiro atoms. The van der Waals surface area contributed by atoms with Crippen molar-refractivity contribution in [3.05, 3.63) is 29.0 Å². The molecule has 2 N–H and O–H groups in total. The monoisotopic (exact) mass is 214 g/mol. The topological polar surface area (TPSA) is 38.4 Å². The van der Waals surface area contributed by atoms with Crippen molar-refractivity contribution in [1.29, 1.82) is 0 Å². The van der Waals surface area contributed by atoms with Gasteiger partial charge in [0.05, 0.1) is 5.84 Å². The smallest absolute Gasteiger partial charge is 0.150 e. The average molecular weight is 215 g/mol. The highest BCUT2D eigenvalue weighted by Gasteiger charge is 2.01.